The van der Waals surface area contributed by atoms with Gasteiger partial charge in [0.2, 0.25) is 0 Å². The second-order valence-electron chi connectivity index (χ2n) is 8.32. The van der Waals surface area contributed by atoms with E-state index in [2.05, 4.69) is 9.80 Å². The van der Waals surface area contributed by atoms with Gasteiger partial charge in [0.05, 0.1) is 5.69 Å². The maximum atomic E-state index is 13.9. The lowest BCUT2D eigenvalue weighted by Crippen LogP contribution is -2.48. The van der Waals surface area contributed by atoms with Crippen LogP contribution >= 0.6 is 0 Å². The first kappa shape index (κ1) is 19.0. The summed E-state index contributed by atoms with van der Waals surface area (Å²) >= 11 is 0. The number of hydrogen-bond donors (Lipinski definition) is 0. The van der Waals surface area contributed by atoms with E-state index in [4.69, 9.17) is 4.74 Å². The van der Waals surface area contributed by atoms with E-state index in [0.29, 0.717) is 11.6 Å². The first-order valence-electron chi connectivity index (χ1n) is 9.51. The van der Waals surface area contributed by atoms with Crippen molar-refractivity contribution in [2.24, 2.45) is 5.92 Å². The van der Waals surface area contributed by atoms with Crippen molar-refractivity contribution in [2.75, 3.05) is 50.7 Å². The quantitative estimate of drug-likeness (QED) is 0.826. The minimum atomic E-state index is -0.446. The topological polar surface area (TPSA) is 36.0 Å². The van der Waals surface area contributed by atoms with Gasteiger partial charge in [0.25, 0.3) is 0 Å². The van der Waals surface area contributed by atoms with Gasteiger partial charge in [-0.1, -0.05) is 12.1 Å². The SMILES string of the molecule is CC(C)(C)OC(=O)N1CC[C@H](CN2CCN(c3ccccc3F)CC2)C1. The smallest absolute Gasteiger partial charge is 0.410 e. The fourth-order valence-corrected chi connectivity index (χ4v) is 3.72. The molecule has 3 rings (SSSR count). The van der Waals surface area contributed by atoms with Crippen LogP contribution in [0.3, 0.4) is 0 Å². The van der Waals surface area contributed by atoms with E-state index < -0.39 is 5.60 Å². The largest absolute Gasteiger partial charge is 0.444 e. The molecule has 0 radical (unpaired) electrons. The minimum Gasteiger partial charge on any atom is -0.444 e. The van der Waals surface area contributed by atoms with Crippen molar-refractivity contribution in [2.45, 2.75) is 32.8 Å². The summed E-state index contributed by atoms with van der Waals surface area (Å²) < 4.78 is 19.4. The third kappa shape index (κ3) is 4.87. The van der Waals surface area contributed by atoms with Crippen LogP contribution in [0.2, 0.25) is 0 Å². The number of carbonyl (C=O) groups excluding carboxylic acids is 1. The maximum Gasteiger partial charge on any atom is 0.410 e. The van der Waals surface area contributed by atoms with Crippen LogP contribution in [0.5, 0.6) is 0 Å². The molecule has 144 valence electrons. The summed E-state index contributed by atoms with van der Waals surface area (Å²) in [7, 11) is 0. The van der Waals surface area contributed by atoms with Gasteiger partial charge in [-0.3, -0.25) is 4.90 Å². The summed E-state index contributed by atoms with van der Waals surface area (Å²) in [5.41, 5.74) is 0.252. The average molecular weight is 363 g/mol. The number of hydrogen-bond acceptors (Lipinski definition) is 4. The molecule has 1 aromatic carbocycles. The summed E-state index contributed by atoms with van der Waals surface area (Å²) in [4.78, 5) is 18.6. The van der Waals surface area contributed by atoms with Gasteiger partial charge in [-0.15, -0.1) is 0 Å². The molecule has 0 aliphatic carbocycles. The van der Waals surface area contributed by atoms with Gasteiger partial charge in [0.1, 0.15) is 11.4 Å². The lowest BCUT2D eigenvalue weighted by atomic mass is 10.1. The fourth-order valence-electron chi connectivity index (χ4n) is 3.72. The van der Waals surface area contributed by atoms with Crippen LogP contribution in [-0.4, -0.2) is 67.3 Å². The molecule has 0 N–H and O–H groups in total. The van der Waals surface area contributed by atoms with Gasteiger partial charge < -0.3 is 14.5 Å². The standard InChI is InChI=1S/C20H30FN3O2/c1-20(2,3)26-19(25)24-9-8-16(15-24)14-22-10-12-23(13-11-22)18-7-5-4-6-17(18)21/h4-7,16H,8-15H2,1-3H3/t16-/m1/s1. The second kappa shape index (κ2) is 7.82. The number of likely N-dealkylation sites (tertiary alicyclic amines) is 1. The van der Waals surface area contributed by atoms with Crippen molar-refractivity contribution >= 4 is 11.8 Å². The molecule has 2 aliphatic rings. The number of nitrogens with zero attached hydrogens (tertiary/aromatic N) is 3. The number of amides is 1. The highest BCUT2D eigenvalue weighted by Crippen LogP contribution is 2.23. The highest BCUT2D eigenvalue weighted by molar-refractivity contribution is 5.68. The highest BCUT2D eigenvalue weighted by Gasteiger charge is 2.31. The Kier molecular flexibility index (Phi) is 5.70. The molecule has 1 aromatic rings. The van der Waals surface area contributed by atoms with Crippen molar-refractivity contribution < 1.29 is 13.9 Å². The normalized spacial score (nSPS) is 21.9. The Bertz CT molecular complexity index is 624. The average Bonchev–Trinajstić information content (AvgIpc) is 3.03. The molecule has 2 saturated heterocycles. The van der Waals surface area contributed by atoms with E-state index in [-0.39, 0.29) is 11.9 Å². The molecule has 0 spiro atoms. The number of halogens is 1. The van der Waals surface area contributed by atoms with Crippen LogP contribution in [0.25, 0.3) is 0 Å². The Balaban J connectivity index is 1.44. The second-order valence-corrected chi connectivity index (χ2v) is 8.32. The van der Waals surface area contributed by atoms with Gasteiger partial charge in [-0.2, -0.15) is 0 Å². The zero-order valence-electron chi connectivity index (χ0n) is 16.1. The first-order chi connectivity index (χ1) is 12.3. The summed E-state index contributed by atoms with van der Waals surface area (Å²) in [6.07, 6.45) is 0.816. The Morgan fingerprint density at radius 1 is 1.15 bits per heavy atom. The van der Waals surface area contributed by atoms with E-state index in [9.17, 15) is 9.18 Å². The van der Waals surface area contributed by atoms with Gasteiger partial charge in [-0.05, 0) is 45.2 Å². The zero-order valence-corrected chi connectivity index (χ0v) is 16.1. The van der Waals surface area contributed by atoms with Crippen molar-refractivity contribution in [3.63, 3.8) is 0 Å². The molecule has 2 aliphatic heterocycles. The number of ether oxygens (including phenoxy) is 1. The van der Waals surface area contributed by atoms with E-state index in [1.54, 1.807) is 6.07 Å². The number of carbonyl (C=O) groups is 1. The predicted octanol–water partition coefficient (Wildman–Crippen LogP) is 3.20. The molecule has 0 bridgehead atoms. The van der Waals surface area contributed by atoms with Crippen LogP contribution in [-0.2, 0) is 4.74 Å². The first-order valence-corrected chi connectivity index (χ1v) is 9.51. The summed E-state index contributed by atoms with van der Waals surface area (Å²) in [5, 5.41) is 0. The van der Waals surface area contributed by atoms with Crippen molar-refractivity contribution in [3.05, 3.63) is 30.1 Å². The molecule has 26 heavy (non-hydrogen) atoms. The Hall–Kier alpha value is -1.82. The van der Waals surface area contributed by atoms with Crippen LogP contribution in [0, 0.1) is 11.7 Å². The molecule has 0 aromatic heterocycles. The molecule has 0 saturated carbocycles. The van der Waals surface area contributed by atoms with E-state index >= 15 is 0 Å². The molecule has 5 nitrogen and oxygen atoms in total. The summed E-state index contributed by atoms with van der Waals surface area (Å²) in [6, 6.07) is 6.98. The maximum absolute atomic E-state index is 13.9. The van der Waals surface area contributed by atoms with E-state index in [1.807, 2.05) is 37.8 Å². The third-order valence-electron chi connectivity index (χ3n) is 5.02. The molecular formula is C20H30FN3O2. The highest BCUT2D eigenvalue weighted by atomic mass is 19.1. The van der Waals surface area contributed by atoms with Crippen LogP contribution in [0.15, 0.2) is 24.3 Å². The van der Waals surface area contributed by atoms with Crippen molar-refractivity contribution in [1.82, 2.24) is 9.80 Å². The van der Waals surface area contributed by atoms with E-state index in [1.165, 1.54) is 6.07 Å². The number of benzene rings is 1. The lowest BCUT2D eigenvalue weighted by molar-refractivity contribution is 0.0285. The number of anilines is 1. The van der Waals surface area contributed by atoms with Crippen molar-refractivity contribution in [3.8, 4) is 0 Å². The minimum absolute atomic E-state index is 0.148. The Morgan fingerprint density at radius 3 is 2.50 bits per heavy atom. The number of rotatable bonds is 3. The fraction of sp³-hybridized carbons (Fsp3) is 0.650. The van der Waals surface area contributed by atoms with Gasteiger partial charge in [-0.25, -0.2) is 9.18 Å². The number of para-hydroxylation sites is 1. The monoisotopic (exact) mass is 363 g/mol. The Morgan fingerprint density at radius 2 is 1.85 bits per heavy atom. The third-order valence-corrected chi connectivity index (χ3v) is 5.02. The summed E-state index contributed by atoms with van der Waals surface area (Å²) in [5.74, 6) is 0.340. The van der Waals surface area contributed by atoms with Gasteiger partial charge in [0, 0.05) is 45.8 Å². The summed E-state index contributed by atoms with van der Waals surface area (Å²) in [6.45, 7) is 11.7. The number of piperazine rings is 1. The van der Waals surface area contributed by atoms with Crippen LogP contribution < -0.4 is 4.90 Å². The molecule has 1 amide bonds. The molecule has 6 heteroatoms. The molecule has 1 atom stereocenters. The molecule has 2 heterocycles. The molecule has 0 unspecified atom stereocenters. The predicted molar refractivity (Wildman–Crippen MR) is 101 cm³/mol. The Labute approximate surface area is 155 Å². The van der Waals surface area contributed by atoms with Crippen LogP contribution in [0.1, 0.15) is 27.2 Å². The van der Waals surface area contributed by atoms with E-state index in [0.717, 1.165) is 52.2 Å². The van der Waals surface area contributed by atoms with Gasteiger partial charge in [0.15, 0.2) is 0 Å². The molecular weight excluding hydrogens is 333 g/mol. The zero-order chi connectivity index (χ0) is 18.7. The molecule has 2 fully saturated rings. The van der Waals surface area contributed by atoms with Gasteiger partial charge >= 0.3 is 6.09 Å². The lowest BCUT2D eigenvalue weighted by Gasteiger charge is -2.37. The van der Waals surface area contributed by atoms with Crippen LogP contribution in [0.4, 0.5) is 14.9 Å². The van der Waals surface area contributed by atoms with Crippen molar-refractivity contribution in [1.29, 1.82) is 0 Å².